The Labute approximate surface area is 171 Å². The fourth-order valence-corrected chi connectivity index (χ4v) is 3.90. The number of benzene rings is 1. The summed E-state index contributed by atoms with van der Waals surface area (Å²) in [6, 6.07) is 12.1. The fourth-order valence-electron chi connectivity index (χ4n) is 3.90. The third-order valence-electron chi connectivity index (χ3n) is 5.63. The van der Waals surface area contributed by atoms with Crippen LogP contribution in [0.5, 0.6) is 0 Å². The van der Waals surface area contributed by atoms with Gasteiger partial charge in [0.05, 0.1) is 13.2 Å². The number of likely N-dealkylation sites (N-methyl/N-ethyl adjacent to an activating group) is 1. The van der Waals surface area contributed by atoms with Gasteiger partial charge >= 0.3 is 0 Å². The number of nitrogens with zero attached hydrogens (tertiary/aromatic N) is 2. The first-order valence-electron chi connectivity index (χ1n) is 10.3. The van der Waals surface area contributed by atoms with Crippen LogP contribution >= 0.6 is 0 Å². The zero-order valence-electron chi connectivity index (χ0n) is 16.8. The lowest BCUT2D eigenvalue weighted by molar-refractivity contribution is -0.166. The van der Waals surface area contributed by atoms with E-state index in [1.54, 1.807) is 12.4 Å². The average molecular weight is 393 g/mol. The van der Waals surface area contributed by atoms with E-state index in [0.717, 1.165) is 29.5 Å². The monoisotopic (exact) mass is 393 g/mol. The molecule has 0 radical (unpaired) electrons. The molecule has 1 N–H and O–H groups in total. The van der Waals surface area contributed by atoms with Gasteiger partial charge in [-0.25, -0.2) is 0 Å². The topological polar surface area (TPSA) is 71.5 Å². The lowest BCUT2D eigenvalue weighted by Gasteiger charge is -2.41. The lowest BCUT2D eigenvalue weighted by atomic mass is 9.90. The Balaban J connectivity index is 1.55. The van der Waals surface area contributed by atoms with Gasteiger partial charge in [-0.15, -0.1) is 0 Å². The molecule has 1 atom stereocenters. The van der Waals surface area contributed by atoms with Gasteiger partial charge in [-0.2, -0.15) is 0 Å². The van der Waals surface area contributed by atoms with Crippen molar-refractivity contribution in [2.75, 3.05) is 26.2 Å². The molecule has 1 aliphatic carbocycles. The average Bonchev–Trinajstić information content (AvgIpc) is 3.60. The van der Waals surface area contributed by atoms with Crippen molar-refractivity contribution in [3.63, 3.8) is 0 Å². The zero-order valence-corrected chi connectivity index (χ0v) is 16.8. The van der Waals surface area contributed by atoms with Crippen LogP contribution in [0, 0.1) is 5.92 Å². The molecular formula is C23H27N3O3. The molecule has 2 aromatic rings. The quantitative estimate of drug-likeness (QED) is 0.818. The number of ether oxygens (including phenoxy) is 1. The first-order valence-corrected chi connectivity index (χ1v) is 10.3. The Morgan fingerprint density at radius 3 is 2.48 bits per heavy atom. The fraction of sp³-hybridized carbons (Fsp3) is 0.435. The van der Waals surface area contributed by atoms with E-state index in [1.165, 1.54) is 0 Å². The van der Waals surface area contributed by atoms with Crippen LogP contribution in [0.15, 0.2) is 48.8 Å². The molecule has 6 heteroatoms. The van der Waals surface area contributed by atoms with Crippen molar-refractivity contribution >= 4 is 11.8 Å². The van der Waals surface area contributed by atoms with Gasteiger partial charge in [-0.3, -0.25) is 14.6 Å². The van der Waals surface area contributed by atoms with Crippen molar-refractivity contribution in [3.8, 4) is 11.1 Å². The van der Waals surface area contributed by atoms with Gasteiger partial charge < -0.3 is 15.0 Å². The number of aromatic nitrogens is 1. The minimum atomic E-state index is -1.04. The van der Waals surface area contributed by atoms with Crippen molar-refractivity contribution < 1.29 is 14.3 Å². The SMILES string of the molecule is CCNC(=O)[C@]1(Cc2ccc(-c3ccncc3)cc2)CN(C(=O)C2CC2)CCO1. The van der Waals surface area contributed by atoms with Crippen LogP contribution in [-0.4, -0.2) is 53.5 Å². The Morgan fingerprint density at radius 1 is 1.14 bits per heavy atom. The molecule has 1 saturated heterocycles. The Morgan fingerprint density at radius 2 is 1.83 bits per heavy atom. The molecule has 2 aliphatic rings. The highest BCUT2D eigenvalue weighted by Crippen LogP contribution is 2.33. The number of nitrogens with one attached hydrogen (secondary N) is 1. The molecule has 0 bridgehead atoms. The molecule has 1 aromatic heterocycles. The van der Waals surface area contributed by atoms with Crippen LogP contribution in [0.1, 0.15) is 25.3 Å². The Hall–Kier alpha value is -2.73. The molecule has 2 amide bonds. The summed E-state index contributed by atoms with van der Waals surface area (Å²) in [5.41, 5.74) is 2.16. The summed E-state index contributed by atoms with van der Waals surface area (Å²) >= 11 is 0. The van der Waals surface area contributed by atoms with Gasteiger partial charge in [0.25, 0.3) is 5.91 Å². The number of hydrogen-bond acceptors (Lipinski definition) is 4. The summed E-state index contributed by atoms with van der Waals surface area (Å²) < 4.78 is 6.07. The molecule has 1 aromatic carbocycles. The number of morpholine rings is 1. The molecule has 1 aliphatic heterocycles. The predicted octanol–water partition coefficient (Wildman–Crippen LogP) is 2.43. The van der Waals surface area contributed by atoms with Crippen LogP contribution in [0.2, 0.25) is 0 Å². The second-order valence-electron chi connectivity index (χ2n) is 7.85. The Bertz CT molecular complexity index is 865. The van der Waals surface area contributed by atoms with Crippen LogP contribution in [0.4, 0.5) is 0 Å². The van der Waals surface area contributed by atoms with Gasteiger partial charge in [0.2, 0.25) is 5.91 Å². The highest BCUT2D eigenvalue weighted by molar-refractivity contribution is 5.88. The van der Waals surface area contributed by atoms with Gasteiger partial charge in [-0.05, 0) is 48.6 Å². The van der Waals surface area contributed by atoms with E-state index in [1.807, 2.05) is 48.2 Å². The summed E-state index contributed by atoms with van der Waals surface area (Å²) in [7, 11) is 0. The van der Waals surface area contributed by atoms with E-state index in [4.69, 9.17) is 4.74 Å². The predicted molar refractivity (Wildman–Crippen MR) is 110 cm³/mol. The smallest absolute Gasteiger partial charge is 0.254 e. The standard InChI is InChI=1S/C23H27N3O3/c1-2-25-22(28)23(16-26(13-14-29-23)21(27)20-7-8-20)15-17-3-5-18(6-4-17)19-9-11-24-12-10-19/h3-6,9-12,20H,2,7-8,13-16H2,1H3,(H,25,28)/t23-/m0/s1. The van der Waals surface area contributed by atoms with E-state index < -0.39 is 5.60 Å². The second kappa shape index (κ2) is 8.33. The number of hydrogen-bond donors (Lipinski definition) is 1. The molecular weight excluding hydrogens is 366 g/mol. The molecule has 29 heavy (non-hydrogen) atoms. The summed E-state index contributed by atoms with van der Waals surface area (Å²) in [6.07, 6.45) is 5.90. The maximum atomic E-state index is 13.0. The molecule has 6 nitrogen and oxygen atoms in total. The maximum Gasteiger partial charge on any atom is 0.254 e. The normalized spacial score (nSPS) is 21.6. The van der Waals surface area contributed by atoms with Crippen LogP contribution < -0.4 is 5.32 Å². The molecule has 0 unspecified atom stereocenters. The molecule has 2 fully saturated rings. The number of rotatable bonds is 6. The lowest BCUT2D eigenvalue weighted by Crippen LogP contribution is -2.62. The largest absolute Gasteiger partial charge is 0.361 e. The van der Waals surface area contributed by atoms with Gasteiger partial charge in [0, 0.05) is 37.8 Å². The number of amides is 2. The third-order valence-corrected chi connectivity index (χ3v) is 5.63. The van der Waals surface area contributed by atoms with E-state index >= 15 is 0 Å². The number of pyridine rings is 1. The van der Waals surface area contributed by atoms with Crippen molar-refractivity contribution in [1.29, 1.82) is 0 Å². The number of carbonyl (C=O) groups is 2. The van der Waals surface area contributed by atoms with E-state index in [2.05, 4.69) is 10.3 Å². The van der Waals surface area contributed by atoms with Gasteiger partial charge in [-0.1, -0.05) is 24.3 Å². The van der Waals surface area contributed by atoms with Crippen molar-refractivity contribution in [1.82, 2.24) is 15.2 Å². The maximum absolute atomic E-state index is 13.0. The Kier molecular flexibility index (Phi) is 5.62. The highest BCUT2D eigenvalue weighted by atomic mass is 16.5. The summed E-state index contributed by atoms with van der Waals surface area (Å²) in [6.45, 7) is 3.66. The first-order chi connectivity index (χ1) is 14.1. The molecule has 4 rings (SSSR count). The van der Waals surface area contributed by atoms with E-state index in [-0.39, 0.29) is 17.7 Å². The van der Waals surface area contributed by atoms with Crippen LogP contribution in [-0.2, 0) is 20.7 Å². The summed E-state index contributed by atoms with van der Waals surface area (Å²) in [5.74, 6) is 0.154. The molecule has 152 valence electrons. The molecule has 2 heterocycles. The van der Waals surface area contributed by atoms with Crippen molar-refractivity contribution in [2.24, 2.45) is 5.92 Å². The minimum absolute atomic E-state index is 0.139. The van der Waals surface area contributed by atoms with Crippen LogP contribution in [0.3, 0.4) is 0 Å². The van der Waals surface area contributed by atoms with E-state index in [9.17, 15) is 9.59 Å². The van der Waals surface area contributed by atoms with Gasteiger partial charge in [0.15, 0.2) is 5.60 Å². The first kappa shape index (κ1) is 19.6. The van der Waals surface area contributed by atoms with Gasteiger partial charge in [0.1, 0.15) is 0 Å². The summed E-state index contributed by atoms with van der Waals surface area (Å²) in [5, 5.41) is 2.91. The second-order valence-corrected chi connectivity index (χ2v) is 7.85. The third kappa shape index (κ3) is 4.32. The minimum Gasteiger partial charge on any atom is -0.361 e. The number of carbonyl (C=O) groups excluding carboxylic acids is 2. The van der Waals surface area contributed by atoms with Crippen molar-refractivity contribution in [2.45, 2.75) is 31.8 Å². The molecule has 0 spiro atoms. The summed E-state index contributed by atoms with van der Waals surface area (Å²) in [4.78, 5) is 31.5. The van der Waals surface area contributed by atoms with Crippen molar-refractivity contribution in [3.05, 3.63) is 54.4 Å². The van der Waals surface area contributed by atoms with E-state index in [0.29, 0.717) is 32.7 Å². The van der Waals surface area contributed by atoms with Crippen LogP contribution in [0.25, 0.3) is 11.1 Å². The zero-order chi connectivity index (χ0) is 20.3. The highest BCUT2D eigenvalue weighted by Gasteiger charge is 2.46. The molecule has 1 saturated carbocycles.